The molecule has 0 heterocycles. The summed E-state index contributed by atoms with van der Waals surface area (Å²) in [7, 11) is 0. The van der Waals surface area contributed by atoms with E-state index in [0.717, 1.165) is 4.90 Å². The van der Waals surface area contributed by atoms with Crippen molar-refractivity contribution in [1.29, 1.82) is 0 Å². The fourth-order valence-corrected chi connectivity index (χ4v) is 2.81. The molecule has 0 bridgehead atoms. The van der Waals surface area contributed by atoms with Gasteiger partial charge in [0, 0.05) is 21.0 Å². The van der Waals surface area contributed by atoms with Crippen LogP contribution in [0.4, 0.5) is 11.4 Å². The predicted molar refractivity (Wildman–Crippen MR) is 99.9 cm³/mol. The highest BCUT2D eigenvalue weighted by molar-refractivity contribution is 8.00. The molecule has 10 heteroatoms. The zero-order valence-electron chi connectivity index (χ0n) is 13.1. The molecular formula is C16H12Cl2N2O5S. The number of nitro groups is 1. The Bertz CT molecular complexity index is 830. The number of amides is 1. The highest BCUT2D eigenvalue weighted by atomic mass is 35.5. The molecule has 0 saturated carbocycles. The van der Waals surface area contributed by atoms with Crippen LogP contribution in [-0.2, 0) is 14.3 Å². The highest BCUT2D eigenvalue weighted by Gasteiger charge is 2.17. The van der Waals surface area contributed by atoms with Crippen LogP contribution >= 0.6 is 35.0 Å². The molecule has 2 aromatic carbocycles. The zero-order chi connectivity index (χ0) is 19.1. The summed E-state index contributed by atoms with van der Waals surface area (Å²) in [6, 6.07) is 10.7. The van der Waals surface area contributed by atoms with Gasteiger partial charge in [0.2, 0.25) is 0 Å². The minimum atomic E-state index is -0.708. The number of rotatable bonds is 7. The van der Waals surface area contributed by atoms with Gasteiger partial charge in [0.25, 0.3) is 11.6 Å². The van der Waals surface area contributed by atoms with Crippen molar-refractivity contribution in [2.75, 3.05) is 17.7 Å². The molecule has 1 N–H and O–H groups in total. The summed E-state index contributed by atoms with van der Waals surface area (Å²) in [4.78, 5) is 34.6. The van der Waals surface area contributed by atoms with Crippen molar-refractivity contribution in [3.63, 3.8) is 0 Å². The number of hydrogen-bond acceptors (Lipinski definition) is 6. The fourth-order valence-electron chi connectivity index (χ4n) is 1.81. The van der Waals surface area contributed by atoms with E-state index in [4.69, 9.17) is 27.9 Å². The largest absolute Gasteiger partial charge is 0.455 e. The molecule has 0 fully saturated rings. The number of thioether (sulfide) groups is 1. The van der Waals surface area contributed by atoms with Gasteiger partial charge in [0.15, 0.2) is 6.61 Å². The van der Waals surface area contributed by atoms with Gasteiger partial charge in [-0.1, -0.05) is 23.2 Å². The van der Waals surface area contributed by atoms with Crippen molar-refractivity contribution in [3.05, 3.63) is 62.6 Å². The fraction of sp³-hybridized carbons (Fsp3) is 0.125. The van der Waals surface area contributed by atoms with Crippen molar-refractivity contribution < 1.29 is 19.2 Å². The summed E-state index contributed by atoms with van der Waals surface area (Å²) < 4.78 is 4.85. The van der Waals surface area contributed by atoms with Crippen LogP contribution in [0.15, 0.2) is 47.4 Å². The maximum atomic E-state index is 11.8. The minimum Gasteiger partial charge on any atom is -0.455 e. The van der Waals surface area contributed by atoms with E-state index in [-0.39, 0.29) is 22.2 Å². The quantitative estimate of drug-likeness (QED) is 0.315. The van der Waals surface area contributed by atoms with Gasteiger partial charge in [0.05, 0.1) is 10.7 Å². The molecule has 1 amide bonds. The second-order valence-corrected chi connectivity index (χ2v) is 6.79. The van der Waals surface area contributed by atoms with Gasteiger partial charge < -0.3 is 10.1 Å². The first kappa shape index (κ1) is 20.0. The molecule has 2 rings (SSSR count). The lowest BCUT2D eigenvalue weighted by molar-refractivity contribution is -0.383. The highest BCUT2D eigenvalue weighted by Crippen LogP contribution is 2.27. The molecule has 7 nitrogen and oxygen atoms in total. The van der Waals surface area contributed by atoms with Gasteiger partial charge in [0.1, 0.15) is 5.69 Å². The molecule has 0 aromatic heterocycles. The Morgan fingerprint density at radius 2 is 1.77 bits per heavy atom. The Kier molecular flexibility index (Phi) is 7.26. The van der Waals surface area contributed by atoms with Crippen LogP contribution in [0.1, 0.15) is 0 Å². The van der Waals surface area contributed by atoms with Gasteiger partial charge in [-0.05, 0) is 36.4 Å². The number of anilines is 1. The molecule has 26 heavy (non-hydrogen) atoms. The number of ether oxygens (including phenoxy) is 1. The minimum absolute atomic E-state index is 0.00618. The number of benzene rings is 2. The number of nitrogens with one attached hydrogen (secondary N) is 1. The SMILES string of the molecule is O=C(COC(=O)CSc1ccc(Cl)cc1)Nc1cc(Cl)ccc1[N+](=O)[O-]. The Labute approximate surface area is 162 Å². The van der Waals surface area contributed by atoms with Crippen LogP contribution < -0.4 is 5.32 Å². The maximum Gasteiger partial charge on any atom is 0.316 e. The molecule has 136 valence electrons. The van der Waals surface area contributed by atoms with Gasteiger partial charge in [-0.15, -0.1) is 11.8 Å². The molecular weight excluding hydrogens is 403 g/mol. The second-order valence-electron chi connectivity index (χ2n) is 4.87. The average molecular weight is 415 g/mol. The first-order chi connectivity index (χ1) is 12.3. The Morgan fingerprint density at radius 3 is 2.42 bits per heavy atom. The molecule has 0 aliphatic heterocycles. The van der Waals surface area contributed by atoms with Crippen molar-refractivity contribution in [3.8, 4) is 0 Å². The van der Waals surface area contributed by atoms with Crippen LogP contribution in [0.5, 0.6) is 0 Å². The summed E-state index contributed by atoms with van der Waals surface area (Å²) >= 11 is 12.8. The summed E-state index contributed by atoms with van der Waals surface area (Å²) in [6.07, 6.45) is 0. The van der Waals surface area contributed by atoms with E-state index in [1.54, 1.807) is 24.3 Å². The van der Waals surface area contributed by atoms with Gasteiger partial charge in [-0.3, -0.25) is 19.7 Å². The number of halogens is 2. The van der Waals surface area contributed by atoms with E-state index in [9.17, 15) is 19.7 Å². The first-order valence-corrected chi connectivity index (χ1v) is 8.87. The number of esters is 1. The van der Waals surface area contributed by atoms with Crippen molar-refractivity contribution in [2.45, 2.75) is 4.90 Å². The van der Waals surface area contributed by atoms with Gasteiger partial charge >= 0.3 is 5.97 Å². The third kappa shape index (κ3) is 6.21. The van der Waals surface area contributed by atoms with Crippen LogP contribution in [-0.4, -0.2) is 29.2 Å². The van der Waals surface area contributed by atoms with E-state index in [2.05, 4.69) is 5.32 Å². The first-order valence-electron chi connectivity index (χ1n) is 7.13. The molecule has 0 spiro atoms. The van der Waals surface area contributed by atoms with Crippen molar-refractivity contribution in [2.24, 2.45) is 0 Å². The van der Waals surface area contributed by atoms with Crippen LogP contribution in [0.2, 0.25) is 10.0 Å². The standard InChI is InChI=1S/C16H12Cl2N2O5S/c17-10-1-4-12(5-2-10)26-9-16(22)25-8-15(21)19-13-7-11(18)3-6-14(13)20(23)24/h1-7H,8-9H2,(H,19,21). The lowest BCUT2D eigenvalue weighted by atomic mass is 10.2. The maximum absolute atomic E-state index is 11.8. The zero-order valence-corrected chi connectivity index (χ0v) is 15.4. The van der Waals surface area contributed by atoms with E-state index >= 15 is 0 Å². The number of nitro benzene ring substituents is 1. The Balaban J connectivity index is 1.83. The topological polar surface area (TPSA) is 98.5 Å². The molecule has 0 saturated heterocycles. The molecule has 0 aliphatic carbocycles. The molecule has 0 aliphatic rings. The van der Waals surface area contributed by atoms with E-state index < -0.39 is 23.4 Å². The van der Waals surface area contributed by atoms with Crippen LogP contribution in [0.3, 0.4) is 0 Å². The predicted octanol–water partition coefficient (Wildman–Crippen LogP) is 4.18. The lowest BCUT2D eigenvalue weighted by Gasteiger charge is -2.07. The molecule has 0 atom stereocenters. The van der Waals surface area contributed by atoms with E-state index in [1.807, 2.05) is 0 Å². The van der Waals surface area contributed by atoms with Crippen molar-refractivity contribution >= 4 is 58.2 Å². The van der Waals surface area contributed by atoms with Crippen LogP contribution in [0.25, 0.3) is 0 Å². The monoisotopic (exact) mass is 414 g/mol. The van der Waals surface area contributed by atoms with Gasteiger partial charge in [-0.25, -0.2) is 0 Å². The van der Waals surface area contributed by atoms with Crippen molar-refractivity contribution in [1.82, 2.24) is 0 Å². The third-order valence-electron chi connectivity index (χ3n) is 2.96. The number of carbonyl (C=O) groups excluding carboxylic acids is 2. The van der Waals surface area contributed by atoms with Gasteiger partial charge in [-0.2, -0.15) is 0 Å². The summed E-state index contributed by atoms with van der Waals surface area (Å²) in [5.74, 6) is -1.30. The lowest BCUT2D eigenvalue weighted by Crippen LogP contribution is -2.22. The van der Waals surface area contributed by atoms with E-state index in [0.29, 0.717) is 5.02 Å². The number of hydrogen-bond donors (Lipinski definition) is 1. The van der Waals surface area contributed by atoms with E-state index in [1.165, 1.54) is 30.0 Å². The molecule has 0 radical (unpaired) electrons. The average Bonchev–Trinajstić information content (AvgIpc) is 2.59. The normalized spacial score (nSPS) is 10.2. The summed E-state index contributed by atoms with van der Waals surface area (Å²) in [5, 5.41) is 14.1. The molecule has 0 unspecified atom stereocenters. The van der Waals surface area contributed by atoms with Crippen LogP contribution in [0, 0.1) is 10.1 Å². The number of carbonyl (C=O) groups is 2. The Morgan fingerprint density at radius 1 is 1.12 bits per heavy atom. The Hall–Kier alpha value is -2.29. The second kappa shape index (κ2) is 9.42. The summed E-state index contributed by atoms with van der Waals surface area (Å²) in [5.41, 5.74) is -0.383. The smallest absolute Gasteiger partial charge is 0.316 e. The molecule has 2 aromatic rings. The third-order valence-corrected chi connectivity index (χ3v) is 4.44. The number of nitrogens with zero attached hydrogens (tertiary/aromatic N) is 1. The summed E-state index contributed by atoms with van der Waals surface area (Å²) in [6.45, 7) is -0.566.